The second-order valence-corrected chi connectivity index (χ2v) is 9.71. The summed E-state index contributed by atoms with van der Waals surface area (Å²) < 4.78 is 0. The smallest absolute Gasteiger partial charge is 0.239 e. The van der Waals surface area contributed by atoms with E-state index in [-0.39, 0.29) is 55.0 Å². The average Bonchev–Trinajstić information content (AvgIpc) is 2.95. The molecule has 3 aromatic rings. The van der Waals surface area contributed by atoms with Gasteiger partial charge >= 0.3 is 0 Å². The molecule has 11 nitrogen and oxygen atoms in total. The minimum absolute atomic E-state index is 0. The predicted molar refractivity (Wildman–Crippen MR) is 174 cm³/mol. The number of fused-ring (bicyclic) bond motifs is 2. The number of benzene rings is 2. The van der Waals surface area contributed by atoms with Gasteiger partial charge in [0.2, 0.25) is 17.7 Å². The van der Waals surface area contributed by atoms with Crippen LogP contribution in [0, 0.1) is 0 Å². The van der Waals surface area contributed by atoms with Crippen molar-refractivity contribution in [2.75, 3.05) is 25.0 Å². The van der Waals surface area contributed by atoms with Gasteiger partial charge in [-0.3, -0.25) is 19.4 Å². The van der Waals surface area contributed by atoms with E-state index in [0.29, 0.717) is 32.4 Å². The lowest BCUT2D eigenvalue weighted by molar-refractivity contribution is -0.126. The van der Waals surface area contributed by atoms with Gasteiger partial charge in [-0.25, -0.2) is 4.98 Å². The van der Waals surface area contributed by atoms with Gasteiger partial charge in [-0.1, -0.05) is 55.7 Å². The van der Waals surface area contributed by atoms with E-state index in [4.69, 9.17) is 22.2 Å². The zero-order chi connectivity index (χ0) is 28.7. The molecule has 1 aromatic heterocycles. The standard InChI is InChI=1S/C29H40N8O3.2ClH/c30-22(13-10-18-34-29(31)32)28(40)35-19-26(39)33-17-9-3-1-2-4-16-25(38)37-27-20-11-5-7-14-23(20)36-24-15-8-6-12-21(24)27;;/h5-8,11-12,14-15,22H,1-4,9-10,13,16-19,30H2,(H,33,39)(H,35,40)(H4,31,32,34)(H,36,37,38);2*1H. The maximum atomic E-state index is 12.7. The highest BCUT2D eigenvalue weighted by molar-refractivity contribution is 6.12. The molecule has 0 aliphatic heterocycles. The van der Waals surface area contributed by atoms with E-state index in [9.17, 15) is 14.4 Å². The topological polar surface area (TPSA) is 191 Å². The second kappa shape index (κ2) is 19.5. The van der Waals surface area contributed by atoms with Crippen LogP contribution in [0.15, 0.2) is 53.5 Å². The molecule has 0 aliphatic rings. The molecular formula is C29H42Cl2N8O3. The van der Waals surface area contributed by atoms with Crippen LogP contribution in [-0.4, -0.2) is 54.3 Å². The van der Waals surface area contributed by atoms with Crippen molar-refractivity contribution in [3.8, 4) is 0 Å². The van der Waals surface area contributed by atoms with E-state index in [1.165, 1.54) is 0 Å². The van der Waals surface area contributed by atoms with E-state index < -0.39 is 6.04 Å². The summed E-state index contributed by atoms with van der Waals surface area (Å²) in [5, 5.41) is 10.3. The normalized spacial score (nSPS) is 11.1. The van der Waals surface area contributed by atoms with Crippen molar-refractivity contribution in [3.63, 3.8) is 0 Å². The van der Waals surface area contributed by atoms with E-state index in [1.807, 2.05) is 48.5 Å². The number of aliphatic imine (C=N–C) groups is 1. The number of hydrogen-bond donors (Lipinski definition) is 6. The molecule has 0 saturated carbocycles. The molecule has 0 spiro atoms. The molecule has 0 fully saturated rings. The molecule has 0 aliphatic carbocycles. The van der Waals surface area contributed by atoms with Gasteiger partial charge < -0.3 is 33.2 Å². The van der Waals surface area contributed by atoms with Gasteiger partial charge in [0.25, 0.3) is 0 Å². The van der Waals surface area contributed by atoms with Gasteiger partial charge in [-0.15, -0.1) is 24.8 Å². The number of rotatable bonds is 16. The molecule has 0 bridgehead atoms. The lowest BCUT2D eigenvalue weighted by Crippen LogP contribution is -2.45. The monoisotopic (exact) mass is 620 g/mol. The molecule has 3 amide bonds. The molecular weight excluding hydrogens is 579 g/mol. The van der Waals surface area contributed by atoms with E-state index >= 15 is 0 Å². The van der Waals surface area contributed by atoms with Crippen molar-refractivity contribution < 1.29 is 14.4 Å². The van der Waals surface area contributed by atoms with Gasteiger partial charge in [0.05, 0.1) is 29.3 Å². The van der Waals surface area contributed by atoms with E-state index in [2.05, 4.69) is 20.9 Å². The summed E-state index contributed by atoms with van der Waals surface area (Å²) in [6.07, 6.45) is 5.88. The van der Waals surface area contributed by atoms with Crippen LogP contribution < -0.4 is 33.2 Å². The first-order valence-electron chi connectivity index (χ1n) is 13.8. The summed E-state index contributed by atoms with van der Waals surface area (Å²) in [4.78, 5) is 45.2. The number of aromatic nitrogens is 1. The average molecular weight is 622 g/mol. The third-order valence-electron chi connectivity index (χ3n) is 6.48. The Balaban J connectivity index is 0.00000441. The highest BCUT2D eigenvalue weighted by atomic mass is 35.5. The van der Waals surface area contributed by atoms with Gasteiger partial charge in [-0.2, -0.15) is 0 Å². The van der Waals surface area contributed by atoms with E-state index in [0.717, 1.165) is 59.6 Å². The number of nitrogens with zero attached hydrogens (tertiary/aromatic N) is 2. The van der Waals surface area contributed by atoms with Crippen LogP contribution in [0.25, 0.3) is 21.8 Å². The Morgan fingerprint density at radius 2 is 1.38 bits per heavy atom. The number of para-hydroxylation sites is 2. The Bertz CT molecular complexity index is 1280. The highest BCUT2D eigenvalue weighted by Gasteiger charge is 2.14. The van der Waals surface area contributed by atoms with Crippen LogP contribution in [0.4, 0.5) is 5.69 Å². The van der Waals surface area contributed by atoms with Crippen LogP contribution >= 0.6 is 24.8 Å². The van der Waals surface area contributed by atoms with Crippen molar-refractivity contribution >= 4 is 76.0 Å². The van der Waals surface area contributed by atoms with Gasteiger partial charge in [-0.05, 0) is 37.8 Å². The number of unbranched alkanes of at least 4 members (excludes halogenated alkanes) is 4. The van der Waals surface area contributed by atoms with Crippen molar-refractivity contribution in [2.24, 2.45) is 22.2 Å². The fraction of sp³-hybridized carbons (Fsp3) is 0.414. The molecule has 1 atom stereocenters. The lowest BCUT2D eigenvalue weighted by atomic mass is 10.1. The second-order valence-electron chi connectivity index (χ2n) is 9.71. The number of amides is 3. The molecule has 2 aromatic carbocycles. The quantitative estimate of drug-likeness (QED) is 0.0613. The lowest BCUT2D eigenvalue weighted by Gasteiger charge is -2.12. The van der Waals surface area contributed by atoms with Crippen LogP contribution in [0.3, 0.4) is 0 Å². The third kappa shape index (κ3) is 12.1. The number of pyridine rings is 1. The molecule has 42 heavy (non-hydrogen) atoms. The van der Waals surface area contributed by atoms with Crippen LogP contribution in [0.2, 0.25) is 0 Å². The SMILES string of the molecule is Cl.Cl.NC(N)=NCCCC(N)C(=O)NCC(=O)NCCCCCCCC(=O)Nc1c2ccccc2nc2ccccc12. The molecule has 1 heterocycles. The number of carbonyl (C=O) groups excluding carboxylic acids is 3. The number of halogens is 2. The summed E-state index contributed by atoms with van der Waals surface area (Å²) in [6.45, 7) is 0.816. The molecule has 9 N–H and O–H groups in total. The molecule has 0 radical (unpaired) electrons. The molecule has 230 valence electrons. The number of nitrogens with two attached hydrogens (primary N) is 3. The minimum atomic E-state index is -0.715. The number of nitrogens with one attached hydrogen (secondary N) is 3. The number of carbonyl (C=O) groups is 3. The summed E-state index contributed by atoms with van der Waals surface area (Å²) >= 11 is 0. The largest absolute Gasteiger partial charge is 0.370 e. The fourth-order valence-electron chi connectivity index (χ4n) is 4.36. The first kappa shape index (κ1) is 36.4. The summed E-state index contributed by atoms with van der Waals surface area (Å²) in [5.41, 5.74) is 18.8. The number of hydrogen-bond acceptors (Lipinski definition) is 6. The van der Waals surface area contributed by atoms with Crippen molar-refractivity contribution in [1.82, 2.24) is 15.6 Å². The van der Waals surface area contributed by atoms with Crippen LogP contribution in [0.5, 0.6) is 0 Å². The zero-order valence-corrected chi connectivity index (χ0v) is 25.3. The Kier molecular flexibility index (Phi) is 16.8. The Morgan fingerprint density at radius 3 is 2.02 bits per heavy atom. The summed E-state index contributed by atoms with van der Waals surface area (Å²) in [6, 6.07) is 14.9. The highest BCUT2D eigenvalue weighted by Crippen LogP contribution is 2.30. The first-order chi connectivity index (χ1) is 19.3. The van der Waals surface area contributed by atoms with Gasteiger partial charge in [0.15, 0.2) is 5.96 Å². The Labute approximate surface area is 258 Å². The van der Waals surface area contributed by atoms with Crippen molar-refractivity contribution in [3.05, 3.63) is 48.5 Å². The van der Waals surface area contributed by atoms with Crippen LogP contribution in [-0.2, 0) is 14.4 Å². The Morgan fingerprint density at radius 1 is 0.786 bits per heavy atom. The van der Waals surface area contributed by atoms with E-state index in [1.54, 1.807) is 0 Å². The Hall–Kier alpha value is -3.67. The van der Waals surface area contributed by atoms with Gasteiger partial charge in [0.1, 0.15) is 0 Å². The van der Waals surface area contributed by atoms with Crippen molar-refractivity contribution in [2.45, 2.75) is 57.4 Å². The minimum Gasteiger partial charge on any atom is -0.370 e. The molecule has 3 rings (SSSR count). The van der Waals surface area contributed by atoms with Crippen molar-refractivity contribution in [1.29, 1.82) is 0 Å². The molecule has 0 saturated heterocycles. The fourth-order valence-corrected chi connectivity index (χ4v) is 4.36. The summed E-state index contributed by atoms with van der Waals surface area (Å²) in [5.74, 6) is -0.644. The number of anilines is 1. The molecule has 13 heteroatoms. The first-order valence-corrected chi connectivity index (χ1v) is 13.8. The predicted octanol–water partition coefficient (Wildman–Crippen LogP) is 3.12. The van der Waals surface area contributed by atoms with Crippen LogP contribution in [0.1, 0.15) is 51.4 Å². The summed E-state index contributed by atoms with van der Waals surface area (Å²) in [7, 11) is 0. The zero-order valence-electron chi connectivity index (χ0n) is 23.6. The van der Waals surface area contributed by atoms with Gasteiger partial charge in [0, 0.05) is 30.3 Å². The maximum Gasteiger partial charge on any atom is 0.239 e. The molecule has 1 unspecified atom stereocenters. The maximum absolute atomic E-state index is 12.7. The third-order valence-corrected chi connectivity index (χ3v) is 6.48. The number of guanidine groups is 1.